The van der Waals surface area contributed by atoms with Crippen molar-refractivity contribution >= 4 is 11.6 Å². The van der Waals surface area contributed by atoms with Crippen molar-refractivity contribution in [3.8, 4) is 5.75 Å². The molecule has 18 heavy (non-hydrogen) atoms. The molecule has 2 rings (SSSR count). The van der Waals surface area contributed by atoms with Crippen molar-refractivity contribution in [1.29, 1.82) is 0 Å². The lowest BCUT2D eigenvalue weighted by molar-refractivity contribution is -0.117. The predicted molar refractivity (Wildman–Crippen MR) is 72.1 cm³/mol. The monoisotopic (exact) mass is 248 g/mol. The number of carbonyl (C=O) groups is 1. The van der Waals surface area contributed by atoms with E-state index >= 15 is 0 Å². The fourth-order valence-corrected chi connectivity index (χ4v) is 2.45. The Morgan fingerprint density at radius 2 is 2.22 bits per heavy atom. The van der Waals surface area contributed by atoms with Crippen molar-refractivity contribution in [1.82, 2.24) is 5.32 Å². The van der Waals surface area contributed by atoms with Crippen LogP contribution in [0.4, 0.5) is 5.69 Å². The van der Waals surface area contributed by atoms with Crippen molar-refractivity contribution < 1.29 is 9.53 Å². The zero-order valence-corrected chi connectivity index (χ0v) is 11.2. The summed E-state index contributed by atoms with van der Waals surface area (Å²) in [6, 6.07) is 3.91. The van der Waals surface area contributed by atoms with Gasteiger partial charge < -0.3 is 15.4 Å². The summed E-state index contributed by atoms with van der Waals surface area (Å²) in [7, 11) is 1.63. The number of carbonyl (C=O) groups excluding carboxylic acids is 1. The summed E-state index contributed by atoms with van der Waals surface area (Å²) < 4.78 is 5.36. The maximum Gasteiger partial charge on any atom is 0.241 e. The van der Waals surface area contributed by atoms with Crippen LogP contribution in [-0.2, 0) is 4.79 Å². The smallest absolute Gasteiger partial charge is 0.241 e. The van der Waals surface area contributed by atoms with Crippen LogP contribution in [0.5, 0.6) is 5.75 Å². The molecule has 1 aliphatic rings. The largest absolute Gasteiger partial charge is 0.494 e. The van der Waals surface area contributed by atoms with Gasteiger partial charge in [0.25, 0.3) is 0 Å². The van der Waals surface area contributed by atoms with Crippen molar-refractivity contribution in [3.63, 3.8) is 0 Å². The second kappa shape index (κ2) is 5.40. The van der Waals surface area contributed by atoms with Crippen molar-refractivity contribution in [2.45, 2.75) is 32.7 Å². The van der Waals surface area contributed by atoms with Gasteiger partial charge in [-0.05, 0) is 50.4 Å². The van der Waals surface area contributed by atoms with Gasteiger partial charge in [0.15, 0.2) is 0 Å². The van der Waals surface area contributed by atoms with Crippen LogP contribution in [0.25, 0.3) is 0 Å². The molecule has 0 aliphatic carbocycles. The van der Waals surface area contributed by atoms with Crippen LogP contribution in [0.3, 0.4) is 0 Å². The van der Waals surface area contributed by atoms with Crippen molar-refractivity contribution in [2.24, 2.45) is 0 Å². The second-order valence-corrected chi connectivity index (χ2v) is 4.80. The SMILES string of the molecule is COc1c(C)cc(C)cc1NC(=O)C1CCCN1. The highest BCUT2D eigenvalue weighted by atomic mass is 16.5. The summed E-state index contributed by atoms with van der Waals surface area (Å²) >= 11 is 0. The number of rotatable bonds is 3. The highest BCUT2D eigenvalue weighted by Crippen LogP contribution is 2.30. The van der Waals surface area contributed by atoms with Gasteiger partial charge in [-0.2, -0.15) is 0 Å². The Kier molecular flexibility index (Phi) is 3.87. The molecule has 4 heteroatoms. The number of amides is 1. The summed E-state index contributed by atoms with van der Waals surface area (Å²) in [5.74, 6) is 0.766. The third kappa shape index (κ3) is 2.64. The van der Waals surface area contributed by atoms with Crippen molar-refractivity contribution in [2.75, 3.05) is 19.0 Å². The molecule has 1 aliphatic heterocycles. The van der Waals surface area contributed by atoms with E-state index in [-0.39, 0.29) is 11.9 Å². The Labute approximate surface area is 108 Å². The summed E-state index contributed by atoms with van der Waals surface area (Å²) in [5.41, 5.74) is 2.91. The molecule has 1 heterocycles. The summed E-state index contributed by atoms with van der Waals surface area (Å²) in [4.78, 5) is 12.1. The van der Waals surface area contributed by atoms with Gasteiger partial charge >= 0.3 is 0 Å². The number of anilines is 1. The summed E-state index contributed by atoms with van der Waals surface area (Å²) in [5, 5.41) is 6.15. The predicted octanol–water partition coefficient (Wildman–Crippen LogP) is 2.00. The average molecular weight is 248 g/mol. The molecule has 1 aromatic rings. The summed E-state index contributed by atoms with van der Waals surface area (Å²) in [6.07, 6.45) is 1.96. The first-order valence-corrected chi connectivity index (χ1v) is 6.31. The Morgan fingerprint density at radius 1 is 1.44 bits per heavy atom. The lowest BCUT2D eigenvalue weighted by Gasteiger charge is -2.16. The number of benzene rings is 1. The minimum Gasteiger partial charge on any atom is -0.494 e. The number of ether oxygens (including phenoxy) is 1. The van der Waals surface area contributed by atoms with E-state index in [1.165, 1.54) is 0 Å². The highest BCUT2D eigenvalue weighted by molar-refractivity contribution is 5.96. The maximum absolute atomic E-state index is 12.1. The zero-order chi connectivity index (χ0) is 13.1. The number of nitrogens with one attached hydrogen (secondary N) is 2. The van der Waals surface area contributed by atoms with Gasteiger partial charge in [0, 0.05) is 0 Å². The molecule has 1 unspecified atom stereocenters. The minimum absolute atomic E-state index is 0.0239. The van der Waals surface area contributed by atoms with E-state index in [9.17, 15) is 4.79 Å². The van der Waals surface area contributed by atoms with Crippen LogP contribution in [0.1, 0.15) is 24.0 Å². The third-order valence-electron chi connectivity index (χ3n) is 3.26. The standard InChI is InChI=1S/C14H20N2O2/c1-9-7-10(2)13(18-3)12(8-9)16-14(17)11-5-4-6-15-11/h7-8,11,15H,4-6H2,1-3H3,(H,16,17). The van der Waals surface area contributed by atoms with Gasteiger partial charge in [0.2, 0.25) is 5.91 Å². The zero-order valence-electron chi connectivity index (χ0n) is 11.2. The van der Waals surface area contributed by atoms with Crippen LogP contribution in [0.2, 0.25) is 0 Å². The van der Waals surface area contributed by atoms with E-state index in [1.807, 2.05) is 26.0 Å². The van der Waals surface area contributed by atoms with Gasteiger partial charge in [-0.3, -0.25) is 4.79 Å². The first-order valence-electron chi connectivity index (χ1n) is 6.31. The second-order valence-electron chi connectivity index (χ2n) is 4.80. The molecule has 0 spiro atoms. The normalized spacial score (nSPS) is 18.7. The number of hydrogen-bond donors (Lipinski definition) is 2. The molecule has 0 bridgehead atoms. The van der Waals surface area contributed by atoms with Gasteiger partial charge in [-0.1, -0.05) is 6.07 Å². The molecule has 0 saturated carbocycles. The first-order chi connectivity index (χ1) is 8.61. The Balaban J connectivity index is 2.19. The van der Waals surface area contributed by atoms with Crippen LogP contribution < -0.4 is 15.4 Å². The topological polar surface area (TPSA) is 50.4 Å². The van der Waals surface area contributed by atoms with E-state index < -0.39 is 0 Å². The van der Waals surface area contributed by atoms with E-state index in [0.29, 0.717) is 0 Å². The molecule has 4 nitrogen and oxygen atoms in total. The fraction of sp³-hybridized carbons (Fsp3) is 0.500. The Hall–Kier alpha value is -1.55. The third-order valence-corrected chi connectivity index (χ3v) is 3.26. The van der Waals surface area contributed by atoms with Gasteiger partial charge in [-0.25, -0.2) is 0 Å². The van der Waals surface area contributed by atoms with E-state index in [4.69, 9.17) is 4.74 Å². The molecule has 1 amide bonds. The minimum atomic E-state index is -0.0736. The Morgan fingerprint density at radius 3 is 2.83 bits per heavy atom. The maximum atomic E-state index is 12.1. The van der Waals surface area contributed by atoms with E-state index in [1.54, 1.807) is 7.11 Å². The average Bonchev–Trinajstić information content (AvgIpc) is 2.81. The van der Waals surface area contributed by atoms with Crippen LogP contribution in [-0.4, -0.2) is 25.6 Å². The molecule has 1 atom stereocenters. The van der Waals surface area contributed by atoms with Gasteiger partial charge in [-0.15, -0.1) is 0 Å². The highest BCUT2D eigenvalue weighted by Gasteiger charge is 2.23. The molecule has 0 aromatic heterocycles. The summed E-state index contributed by atoms with van der Waals surface area (Å²) in [6.45, 7) is 4.91. The molecule has 1 aromatic carbocycles. The fourth-order valence-electron chi connectivity index (χ4n) is 2.45. The van der Waals surface area contributed by atoms with Crippen LogP contribution in [0.15, 0.2) is 12.1 Å². The molecule has 1 saturated heterocycles. The lowest BCUT2D eigenvalue weighted by Crippen LogP contribution is -2.35. The van der Waals surface area contributed by atoms with Gasteiger partial charge in [0.05, 0.1) is 18.8 Å². The molecule has 0 radical (unpaired) electrons. The molecule has 1 fully saturated rings. The van der Waals surface area contributed by atoms with E-state index in [0.717, 1.165) is 42.0 Å². The molecular weight excluding hydrogens is 228 g/mol. The Bertz CT molecular complexity index is 451. The first kappa shape index (κ1) is 12.9. The molecule has 2 N–H and O–H groups in total. The van der Waals surface area contributed by atoms with E-state index in [2.05, 4.69) is 10.6 Å². The lowest BCUT2D eigenvalue weighted by atomic mass is 10.1. The van der Waals surface area contributed by atoms with Crippen LogP contribution >= 0.6 is 0 Å². The number of hydrogen-bond acceptors (Lipinski definition) is 3. The van der Waals surface area contributed by atoms with Crippen LogP contribution in [0, 0.1) is 13.8 Å². The molecule has 98 valence electrons. The quantitative estimate of drug-likeness (QED) is 0.860. The number of methoxy groups -OCH3 is 1. The number of aryl methyl sites for hydroxylation is 2. The van der Waals surface area contributed by atoms with Gasteiger partial charge in [0.1, 0.15) is 5.75 Å². The van der Waals surface area contributed by atoms with Crippen molar-refractivity contribution in [3.05, 3.63) is 23.3 Å². The molecular formula is C14H20N2O2.